The van der Waals surface area contributed by atoms with Crippen LogP contribution in [0.4, 0.5) is 0 Å². The lowest BCUT2D eigenvalue weighted by atomic mass is 9.78. The minimum absolute atomic E-state index is 0.0394. The molecular formula is C14H20BNO3S. The lowest BCUT2D eigenvalue weighted by Crippen LogP contribution is -2.41. The second kappa shape index (κ2) is 5.43. The lowest BCUT2D eigenvalue weighted by Gasteiger charge is -2.32. The SMILES string of the molecule is CC1(C)OB(C(=Cc2cc(=O)cc[nH]2)CS)OC1(C)C. The predicted octanol–water partition coefficient (Wildman–Crippen LogP) is 2.32. The molecule has 1 aromatic rings. The molecular weight excluding hydrogens is 273 g/mol. The van der Waals surface area contributed by atoms with Crippen molar-refractivity contribution in [2.75, 3.05) is 5.75 Å². The van der Waals surface area contributed by atoms with Gasteiger partial charge in [0.05, 0.1) is 11.2 Å². The van der Waals surface area contributed by atoms with Gasteiger partial charge in [0, 0.05) is 29.8 Å². The Morgan fingerprint density at radius 2 is 1.95 bits per heavy atom. The predicted molar refractivity (Wildman–Crippen MR) is 85.0 cm³/mol. The summed E-state index contributed by atoms with van der Waals surface area (Å²) >= 11 is 4.34. The first-order valence-electron chi connectivity index (χ1n) is 6.61. The van der Waals surface area contributed by atoms with Gasteiger partial charge in [-0.1, -0.05) is 0 Å². The summed E-state index contributed by atoms with van der Waals surface area (Å²) in [4.78, 5) is 14.4. The zero-order valence-electron chi connectivity index (χ0n) is 12.3. The molecule has 0 saturated carbocycles. The van der Waals surface area contributed by atoms with Crippen molar-refractivity contribution in [3.8, 4) is 0 Å². The van der Waals surface area contributed by atoms with Gasteiger partial charge in [0.2, 0.25) is 0 Å². The third kappa shape index (κ3) is 3.02. The smallest absolute Gasteiger partial charge is 0.400 e. The Balaban J connectivity index is 2.29. The van der Waals surface area contributed by atoms with Crippen molar-refractivity contribution in [1.82, 2.24) is 4.98 Å². The van der Waals surface area contributed by atoms with E-state index in [0.29, 0.717) is 5.75 Å². The molecule has 2 rings (SSSR count). The number of H-pyrrole nitrogens is 1. The molecule has 108 valence electrons. The Morgan fingerprint density at radius 3 is 2.45 bits per heavy atom. The molecule has 2 heterocycles. The normalized spacial score (nSPS) is 21.2. The van der Waals surface area contributed by atoms with Gasteiger partial charge in [0.15, 0.2) is 5.43 Å². The highest BCUT2D eigenvalue weighted by Gasteiger charge is 2.52. The summed E-state index contributed by atoms with van der Waals surface area (Å²) in [6.45, 7) is 8.03. The van der Waals surface area contributed by atoms with Crippen molar-refractivity contribution in [1.29, 1.82) is 0 Å². The molecule has 0 unspecified atom stereocenters. The molecule has 1 aliphatic heterocycles. The maximum absolute atomic E-state index is 11.4. The van der Waals surface area contributed by atoms with E-state index >= 15 is 0 Å². The fraction of sp³-hybridized carbons (Fsp3) is 0.500. The number of thiol groups is 1. The van der Waals surface area contributed by atoms with Gasteiger partial charge in [-0.3, -0.25) is 4.79 Å². The summed E-state index contributed by atoms with van der Waals surface area (Å²) in [7, 11) is -0.443. The van der Waals surface area contributed by atoms with Gasteiger partial charge >= 0.3 is 7.12 Å². The average molecular weight is 293 g/mol. The molecule has 1 aromatic heterocycles. The van der Waals surface area contributed by atoms with Crippen LogP contribution in [0, 0.1) is 0 Å². The fourth-order valence-corrected chi connectivity index (χ4v) is 2.17. The monoisotopic (exact) mass is 293 g/mol. The van der Waals surface area contributed by atoms with E-state index in [-0.39, 0.29) is 16.6 Å². The van der Waals surface area contributed by atoms with Crippen molar-refractivity contribution in [3.63, 3.8) is 0 Å². The highest BCUT2D eigenvalue weighted by atomic mass is 32.1. The van der Waals surface area contributed by atoms with Crippen LogP contribution in [0.25, 0.3) is 6.08 Å². The Labute approximate surface area is 125 Å². The van der Waals surface area contributed by atoms with E-state index in [1.165, 1.54) is 12.1 Å². The molecule has 4 nitrogen and oxygen atoms in total. The molecule has 0 atom stereocenters. The highest BCUT2D eigenvalue weighted by Crippen LogP contribution is 2.38. The zero-order chi connectivity index (χ0) is 15.0. The largest absolute Gasteiger partial charge is 0.491 e. The standard InChI is InChI=1S/C14H20BNO3S/c1-13(2)14(3,4)19-15(18-13)10(9-20)7-11-8-12(17)5-6-16-11/h5-8,20H,9H2,1-4H3,(H,16,17). The minimum atomic E-state index is -0.443. The second-order valence-corrected chi connectivity index (χ2v) is 6.26. The van der Waals surface area contributed by atoms with Crippen LogP contribution < -0.4 is 5.43 Å². The van der Waals surface area contributed by atoms with E-state index in [1.54, 1.807) is 6.20 Å². The number of rotatable bonds is 3. The Hall–Kier alpha value is -0.975. The van der Waals surface area contributed by atoms with Crippen LogP contribution in [0.1, 0.15) is 33.4 Å². The van der Waals surface area contributed by atoms with Gasteiger partial charge in [-0.15, -0.1) is 0 Å². The maximum atomic E-state index is 11.4. The quantitative estimate of drug-likeness (QED) is 0.664. The van der Waals surface area contributed by atoms with Crippen LogP contribution in [-0.4, -0.2) is 29.1 Å². The summed E-state index contributed by atoms with van der Waals surface area (Å²) in [5.41, 5.74) is 0.792. The first kappa shape index (κ1) is 15.4. The van der Waals surface area contributed by atoms with Crippen LogP contribution >= 0.6 is 12.6 Å². The minimum Gasteiger partial charge on any atom is -0.400 e. The van der Waals surface area contributed by atoms with Gasteiger partial charge in [-0.2, -0.15) is 12.6 Å². The third-order valence-corrected chi connectivity index (χ3v) is 4.24. The Bertz CT molecular complexity index is 564. The van der Waals surface area contributed by atoms with Crippen molar-refractivity contribution in [2.24, 2.45) is 0 Å². The average Bonchev–Trinajstić information content (AvgIpc) is 2.55. The molecule has 0 aliphatic carbocycles. The molecule has 6 heteroatoms. The third-order valence-electron chi connectivity index (χ3n) is 3.87. The van der Waals surface area contributed by atoms with Crippen LogP contribution in [-0.2, 0) is 9.31 Å². The molecule has 0 aromatic carbocycles. The van der Waals surface area contributed by atoms with E-state index in [0.717, 1.165) is 11.2 Å². The highest BCUT2D eigenvalue weighted by molar-refractivity contribution is 7.80. The van der Waals surface area contributed by atoms with E-state index in [9.17, 15) is 4.79 Å². The number of hydrogen-bond donors (Lipinski definition) is 2. The van der Waals surface area contributed by atoms with Crippen molar-refractivity contribution in [2.45, 2.75) is 38.9 Å². The first-order valence-corrected chi connectivity index (χ1v) is 7.24. The molecule has 0 bridgehead atoms. The van der Waals surface area contributed by atoms with Crippen LogP contribution in [0.2, 0.25) is 0 Å². The Kier molecular flexibility index (Phi) is 4.18. The molecule has 0 amide bonds. The fourth-order valence-electron chi connectivity index (χ4n) is 1.93. The summed E-state index contributed by atoms with van der Waals surface area (Å²) in [6.07, 6.45) is 3.48. The summed E-state index contributed by atoms with van der Waals surface area (Å²) < 4.78 is 12.0. The zero-order valence-corrected chi connectivity index (χ0v) is 13.2. The number of pyridine rings is 1. The van der Waals surface area contributed by atoms with Gasteiger partial charge in [0.25, 0.3) is 0 Å². The van der Waals surface area contributed by atoms with E-state index < -0.39 is 7.12 Å². The molecule has 0 radical (unpaired) electrons. The van der Waals surface area contributed by atoms with Crippen molar-refractivity contribution < 1.29 is 9.31 Å². The molecule has 0 spiro atoms. The molecule has 1 fully saturated rings. The van der Waals surface area contributed by atoms with Crippen molar-refractivity contribution >= 4 is 25.8 Å². The van der Waals surface area contributed by atoms with Crippen LogP contribution in [0.5, 0.6) is 0 Å². The topological polar surface area (TPSA) is 51.3 Å². The number of hydrogen-bond acceptors (Lipinski definition) is 4. The van der Waals surface area contributed by atoms with Crippen LogP contribution in [0.3, 0.4) is 0 Å². The van der Waals surface area contributed by atoms with E-state index in [1.807, 2.05) is 33.8 Å². The molecule has 1 saturated heterocycles. The number of aromatic nitrogens is 1. The number of nitrogens with one attached hydrogen (secondary N) is 1. The molecule has 1 N–H and O–H groups in total. The lowest BCUT2D eigenvalue weighted by molar-refractivity contribution is 0.00578. The van der Waals surface area contributed by atoms with Gasteiger partial charge < -0.3 is 14.3 Å². The van der Waals surface area contributed by atoms with Gasteiger partial charge in [-0.25, -0.2) is 0 Å². The summed E-state index contributed by atoms with van der Waals surface area (Å²) in [5.74, 6) is 0.494. The second-order valence-electron chi connectivity index (χ2n) is 5.95. The first-order chi connectivity index (χ1) is 9.25. The van der Waals surface area contributed by atoms with E-state index in [4.69, 9.17) is 9.31 Å². The number of aromatic amines is 1. The van der Waals surface area contributed by atoms with Gasteiger partial charge in [-0.05, 0) is 39.2 Å². The van der Waals surface area contributed by atoms with E-state index in [2.05, 4.69) is 17.6 Å². The maximum Gasteiger partial charge on any atom is 0.491 e. The molecule has 1 aliphatic rings. The van der Waals surface area contributed by atoms with Gasteiger partial charge in [0.1, 0.15) is 0 Å². The Morgan fingerprint density at radius 1 is 1.35 bits per heavy atom. The van der Waals surface area contributed by atoms with Crippen molar-refractivity contribution in [3.05, 3.63) is 39.7 Å². The van der Waals surface area contributed by atoms with Crippen LogP contribution in [0.15, 0.2) is 28.6 Å². The summed E-state index contributed by atoms with van der Waals surface area (Å²) in [6, 6.07) is 3.02. The molecule has 20 heavy (non-hydrogen) atoms. The summed E-state index contributed by atoms with van der Waals surface area (Å²) in [5, 5.41) is 0.